The Labute approximate surface area is 261 Å². The van der Waals surface area contributed by atoms with Crippen LogP contribution in [-0.4, -0.2) is 39.3 Å². The van der Waals surface area contributed by atoms with Crippen molar-refractivity contribution < 1.29 is 92.1 Å². The summed E-state index contributed by atoms with van der Waals surface area (Å²) < 4.78 is 88.3. The number of fused-ring (bicyclic) bond motifs is 2. The molecule has 8 nitrogen and oxygen atoms in total. The second kappa shape index (κ2) is 16.3. The molecule has 0 unspecified atom stereocenters. The van der Waals surface area contributed by atoms with Crippen LogP contribution in [0.5, 0.6) is 0 Å². The van der Waals surface area contributed by atoms with Crippen molar-refractivity contribution in [1.82, 2.24) is 9.97 Å². The average molecular weight is 780 g/mol. The number of esters is 1. The first-order chi connectivity index (χ1) is 19.3. The van der Waals surface area contributed by atoms with E-state index in [1.165, 1.54) is 24.3 Å². The fourth-order valence-electron chi connectivity index (χ4n) is 3.39. The van der Waals surface area contributed by atoms with Crippen LogP contribution in [0, 0.1) is 0 Å². The molecule has 16 heteroatoms. The van der Waals surface area contributed by atoms with Gasteiger partial charge in [0.1, 0.15) is 0 Å². The van der Waals surface area contributed by atoms with Crippen LogP contribution in [0.3, 0.4) is 0 Å². The van der Waals surface area contributed by atoms with Gasteiger partial charge in [-0.15, -0.1) is 0 Å². The number of pyridine rings is 2. The fraction of sp³-hybridized carbons (Fsp3) is 0.192. The topological polar surface area (TPSA) is 123 Å². The van der Waals surface area contributed by atoms with Gasteiger partial charge in [-0.25, -0.2) is 0 Å². The first-order valence-corrected chi connectivity index (χ1v) is 11.8. The Balaban J connectivity index is 0.000000388. The third-order valence-corrected chi connectivity index (χ3v) is 5.19. The predicted molar refractivity (Wildman–Crippen MR) is 129 cm³/mol. The fourth-order valence-corrected chi connectivity index (χ4v) is 3.39. The second-order valence-electron chi connectivity index (χ2n) is 7.97. The zero-order chi connectivity index (χ0) is 30.8. The van der Waals surface area contributed by atoms with E-state index in [0.717, 1.165) is 24.5 Å². The van der Waals surface area contributed by atoms with E-state index < -0.39 is 35.2 Å². The number of halogens is 6. The molecule has 0 saturated carbocycles. The number of aromatic nitrogens is 2. The van der Waals surface area contributed by atoms with Crippen molar-refractivity contribution in [3.05, 3.63) is 88.7 Å². The van der Waals surface area contributed by atoms with Gasteiger partial charge in [-0.3, -0.25) is 19.6 Å². The zero-order valence-corrected chi connectivity index (χ0v) is 24.0. The van der Waals surface area contributed by atoms with Gasteiger partial charge in [0.15, 0.2) is 0 Å². The second-order valence-corrected chi connectivity index (χ2v) is 7.97. The molecule has 0 aliphatic rings. The summed E-state index contributed by atoms with van der Waals surface area (Å²) in [7, 11) is 0. The Morgan fingerprint density at radius 2 is 1.38 bits per heavy atom. The van der Waals surface area contributed by atoms with E-state index in [1.54, 1.807) is 40.1 Å². The van der Waals surface area contributed by atoms with Crippen molar-refractivity contribution in [2.45, 2.75) is 25.7 Å². The SMILES string of the molecule is CCOC(=O)Cc1ccc2ncc(C(F)(F)F)cc2c1.[Ag].[N-]=[N+]=CC(=O)c1ccc2ncc(C(F)(F)F)cc2c1.[O]=[Ag]. The summed E-state index contributed by atoms with van der Waals surface area (Å²) in [5, 5.41) is 0.536. The Morgan fingerprint density at radius 1 is 0.881 bits per heavy atom. The molecule has 2 aromatic carbocycles. The molecule has 1 radical (unpaired) electrons. The summed E-state index contributed by atoms with van der Waals surface area (Å²) in [5.41, 5.74) is 8.05. The molecule has 0 aliphatic carbocycles. The minimum absolute atomic E-state index is 0. The van der Waals surface area contributed by atoms with Crippen molar-refractivity contribution in [3.63, 3.8) is 0 Å². The number of nitrogens with zero attached hydrogens (tertiary/aromatic N) is 4. The van der Waals surface area contributed by atoms with Gasteiger partial charge in [-0.1, -0.05) is 6.07 Å². The number of alkyl halides is 6. The average Bonchev–Trinajstić information content (AvgIpc) is 2.93. The molecule has 2 heterocycles. The van der Waals surface area contributed by atoms with Crippen LogP contribution in [0.15, 0.2) is 60.9 Å². The maximum absolute atomic E-state index is 12.6. The molecule has 0 aliphatic heterocycles. The quantitative estimate of drug-likeness (QED) is 0.0468. The number of hydrogen-bond donors (Lipinski definition) is 0. The third-order valence-electron chi connectivity index (χ3n) is 5.19. The summed E-state index contributed by atoms with van der Waals surface area (Å²) in [6.07, 6.45) is -6.69. The van der Waals surface area contributed by atoms with Crippen LogP contribution < -0.4 is 0 Å². The van der Waals surface area contributed by atoms with Crippen molar-refractivity contribution in [3.8, 4) is 0 Å². The number of Topliss-reactive ketones (excluding diaryl/α,β-unsaturated/α-hetero) is 1. The molecule has 4 rings (SSSR count). The third kappa shape index (κ3) is 10.5. The van der Waals surface area contributed by atoms with Gasteiger partial charge in [0.05, 0.1) is 35.2 Å². The Morgan fingerprint density at radius 3 is 1.86 bits per heavy atom. The summed E-state index contributed by atoms with van der Waals surface area (Å²) >= 11 is 1.70. The van der Waals surface area contributed by atoms with Gasteiger partial charge in [0.25, 0.3) is 5.78 Å². The van der Waals surface area contributed by atoms with Gasteiger partial charge in [-0.05, 0) is 55.0 Å². The molecule has 0 N–H and O–H groups in total. The molecular weight excluding hydrogens is 762 g/mol. The summed E-state index contributed by atoms with van der Waals surface area (Å²) in [6.45, 7) is 1.96. The van der Waals surface area contributed by atoms with Gasteiger partial charge >= 0.3 is 48.8 Å². The van der Waals surface area contributed by atoms with Gasteiger partial charge in [-0.2, -0.15) is 31.1 Å². The van der Waals surface area contributed by atoms with Gasteiger partial charge in [0, 0.05) is 51.1 Å². The minimum atomic E-state index is -4.49. The van der Waals surface area contributed by atoms with E-state index in [4.69, 9.17) is 13.5 Å². The summed E-state index contributed by atoms with van der Waals surface area (Å²) in [4.78, 5) is 32.8. The molecular formula is C26H18Ag2F6N4O4. The van der Waals surface area contributed by atoms with Crippen LogP contribution in [0.25, 0.3) is 27.3 Å². The van der Waals surface area contributed by atoms with Crippen LogP contribution in [-0.2, 0) is 75.0 Å². The molecule has 230 valence electrons. The van der Waals surface area contributed by atoms with E-state index in [0.29, 0.717) is 28.2 Å². The number of benzene rings is 2. The van der Waals surface area contributed by atoms with Gasteiger partial charge < -0.3 is 10.3 Å². The first kappa shape index (κ1) is 36.7. The van der Waals surface area contributed by atoms with Crippen LogP contribution in [0.2, 0.25) is 0 Å². The van der Waals surface area contributed by atoms with E-state index in [-0.39, 0.29) is 46.4 Å². The molecule has 0 fully saturated rings. The molecule has 0 spiro atoms. The zero-order valence-electron chi connectivity index (χ0n) is 21.1. The normalized spacial score (nSPS) is 10.7. The summed E-state index contributed by atoms with van der Waals surface area (Å²) in [5.74, 6) is -1.02. The van der Waals surface area contributed by atoms with Crippen molar-refractivity contribution >= 4 is 39.8 Å². The molecule has 2 aromatic heterocycles. The standard InChI is InChI=1S/C14H12F3NO2.C12H6F3N3O.2Ag.O/c1-2-20-13(19)6-9-3-4-12-10(5-9)7-11(8-18-12)14(15,16)17;13-12(14,15)9-4-8-3-7(11(19)6-18-16)1-2-10(8)17-5-9;;;/h3-5,7-8H,2,6H2,1H3;1-6H;;;. The van der Waals surface area contributed by atoms with E-state index in [2.05, 4.69) is 14.8 Å². The van der Waals surface area contributed by atoms with Crippen molar-refractivity contribution in [1.29, 1.82) is 0 Å². The van der Waals surface area contributed by atoms with Crippen LogP contribution in [0.4, 0.5) is 26.3 Å². The number of ketones is 1. The molecule has 42 heavy (non-hydrogen) atoms. The Bertz CT molecular complexity index is 1610. The summed E-state index contributed by atoms with van der Waals surface area (Å²) in [6, 6.07) is 10.8. The molecule has 4 aromatic rings. The van der Waals surface area contributed by atoms with E-state index >= 15 is 0 Å². The molecule has 0 saturated heterocycles. The van der Waals surface area contributed by atoms with Crippen LogP contribution in [0.1, 0.15) is 34.0 Å². The number of hydrogen-bond acceptors (Lipinski definition) is 6. The van der Waals surface area contributed by atoms with Crippen molar-refractivity contribution in [2.24, 2.45) is 0 Å². The maximum atomic E-state index is 12.6. The number of ether oxygens (including phenoxy) is 1. The Kier molecular flexibility index (Phi) is 14.3. The molecule has 0 amide bonds. The number of rotatable bonds is 5. The van der Waals surface area contributed by atoms with Crippen LogP contribution >= 0.6 is 0 Å². The van der Waals surface area contributed by atoms with Gasteiger partial charge in [0.2, 0.25) is 0 Å². The van der Waals surface area contributed by atoms with Crippen molar-refractivity contribution in [2.75, 3.05) is 6.61 Å². The Hall–Kier alpha value is -3.36. The molecule has 0 bridgehead atoms. The number of carbonyl (C=O) groups excluding carboxylic acids is 2. The molecule has 0 atom stereocenters. The number of carbonyl (C=O) groups is 2. The van der Waals surface area contributed by atoms with E-state index in [1.807, 2.05) is 0 Å². The predicted octanol–water partition coefficient (Wildman–Crippen LogP) is 5.97. The monoisotopic (exact) mass is 778 g/mol. The first-order valence-electron chi connectivity index (χ1n) is 11.2. The van der Waals surface area contributed by atoms with E-state index in [9.17, 15) is 35.9 Å².